The van der Waals surface area contributed by atoms with E-state index in [-0.39, 0.29) is 18.0 Å². The largest absolute Gasteiger partial charge is 0.488 e. The van der Waals surface area contributed by atoms with E-state index in [0.717, 1.165) is 11.1 Å². The van der Waals surface area contributed by atoms with Crippen LogP contribution in [0, 0.1) is 24.1 Å². The highest BCUT2D eigenvalue weighted by atomic mass is 19.1. The van der Waals surface area contributed by atoms with Crippen molar-refractivity contribution in [1.29, 1.82) is 5.26 Å². The van der Waals surface area contributed by atoms with Crippen LogP contribution in [0.5, 0.6) is 11.5 Å². The molecule has 0 saturated carbocycles. The first-order valence-electron chi connectivity index (χ1n) is 9.26. The van der Waals surface area contributed by atoms with Crippen LogP contribution in [-0.4, -0.2) is 5.78 Å². The molecule has 0 fully saturated rings. The topological polar surface area (TPSA) is 59.3 Å². The number of hydrogen-bond donors (Lipinski definition) is 0. The van der Waals surface area contributed by atoms with Crippen LogP contribution in [0.4, 0.5) is 4.39 Å². The SMILES string of the molecule is Cc1c(OCc2ccc(C#N)cc2)ccc2c1OC(c1cccc(F)c1)CC2=O. The third-order valence-electron chi connectivity index (χ3n) is 4.99. The van der Waals surface area contributed by atoms with Gasteiger partial charge in [-0.1, -0.05) is 24.3 Å². The van der Waals surface area contributed by atoms with E-state index in [1.54, 1.807) is 36.4 Å². The zero-order valence-electron chi connectivity index (χ0n) is 15.8. The first-order chi connectivity index (χ1) is 14.0. The summed E-state index contributed by atoms with van der Waals surface area (Å²) in [6, 6.07) is 18.8. The number of fused-ring (bicyclic) bond motifs is 1. The normalized spacial score (nSPS) is 15.2. The number of rotatable bonds is 4. The van der Waals surface area contributed by atoms with E-state index in [0.29, 0.717) is 34.8 Å². The van der Waals surface area contributed by atoms with Crippen LogP contribution in [0.1, 0.15) is 45.1 Å². The third-order valence-corrected chi connectivity index (χ3v) is 4.99. The number of carbonyl (C=O) groups is 1. The van der Waals surface area contributed by atoms with Gasteiger partial charge in [-0.15, -0.1) is 0 Å². The predicted octanol–water partition coefficient (Wildman–Crippen LogP) is 5.29. The minimum absolute atomic E-state index is 0.0396. The highest BCUT2D eigenvalue weighted by Gasteiger charge is 2.30. The molecule has 0 bridgehead atoms. The summed E-state index contributed by atoms with van der Waals surface area (Å²) in [6.07, 6.45) is -0.361. The monoisotopic (exact) mass is 387 g/mol. The van der Waals surface area contributed by atoms with Gasteiger partial charge in [0.05, 0.1) is 23.6 Å². The van der Waals surface area contributed by atoms with Gasteiger partial charge in [-0.2, -0.15) is 5.26 Å². The molecule has 1 unspecified atom stereocenters. The van der Waals surface area contributed by atoms with Crippen molar-refractivity contribution in [3.8, 4) is 17.6 Å². The molecule has 0 radical (unpaired) electrons. The third kappa shape index (κ3) is 3.83. The average Bonchev–Trinajstić information content (AvgIpc) is 2.74. The number of ketones is 1. The Morgan fingerprint density at radius 3 is 2.69 bits per heavy atom. The first kappa shape index (κ1) is 18.7. The van der Waals surface area contributed by atoms with E-state index in [4.69, 9.17) is 14.7 Å². The Bertz CT molecular complexity index is 1120. The molecule has 29 heavy (non-hydrogen) atoms. The molecule has 4 nitrogen and oxygen atoms in total. The van der Waals surface area contributed by atoms with Crippen molar-refractivity contribution in [3.63, 3.8) is 0 Å². The van der Waals surface area contributed by atoms with E-state index >= 15 is 0 Å². The van der Waals surface area contributed by atoms with Gasteiger partial charge in [-0.25, -0.2) is 4.39 Å². The van der Waals surface area contributed by atoms with E-state index in [2.05, 4.69) is 6.07 Å². The minimum Gasteiger partial charge on any atom is -0.488 e. The van der Waals surface area contributed by atoms with Crippen molar-refractivity contribution < 1.29 is 18.7 Å². The Morgan fingerprint density at radius 1 is 1.17 bits per heavy atom. The molecule has 0 N–H and O–H groups in total. The summed E-state index contributed by atoms with van der Waals surface area (Å²) in [5, 5.41) is 8.88. The van der Waals surface area contributed by atoms with Gasteiger partial charge >= 0.3 is 0 Å². The maximum Gasteiger partial charge on any atom is 0.170 e. The molecule has 0 saturated heterocycles. The number of Topliss-reactive ketones (excluding diaryl/α,β-unsaturated/α-hetero) is 1. The second-order valence-electron chi connectivity index (χ2n) is 6.95. The first-order valence-corrected chi connectivity index (χ1v) is 9.26. The smallest absolute Gasteiger partial charge is 0.170 e. The summed E-state index contributed by atoms with van der Waals surface area (Å²) in [6.45, 7) is 2.17. The van der Waals surface area contributed by atoms with Gasteiger partial charge in [-0.3, -0.25) is 4.79 Å². The minimum atomic E-state index is -0.529. The second-order valence-corrected chi connectivity index (χ2v) is 6.95. The van der Waals surface area contributed by atoms with Crippen LogP contribution < -0.4 is 9.47 Å². The van der Waals surface area contributed by atoms with Crippen LogP contribution in [-0.2, 0) is 6.61 Å². The van der Waals surface area contributed by atoms with Crippen LogP contribution >= 0.6 is 0 Å². The molecule has 1 aliphatic heterocycles. The van der Waals surface area contributed by atoms with Crippen molar-refractivity contribution in [2.75, 3.05) is 0 Å². The molecule has 3 aromatic rings. The van der Waals surface area contributed by atoms with Crippen LogP contribution in [0.15, 0.2) is 60.7 Å². The molecule has 0 aromatic heterocycles. The molecule has 1 atom stereocenters. The van der Waals surface area contributed by atoms with Gasteiger partial charge in [0.1, 0.15) is 30.0 Å². The predicted molar refractivity (Wildman–Crippen MR) is 105 cm³/mol. The Hall–Kier alpha value is -3.65. The van der Waals surface area contributed by atoms with Crippen molar-refractivity contribution >= 4 is 5.78 Å². The lowest BCUT2D eigenvalue weighted by Crippen LogP contribution is -2.21. The lowest BCUT2D eigenvalue weighted by molar-refractivity contribution is 0.0847. The summed E-state index contributed by atoms with van der Waals surface area (Å²) in [7, 11) is 0. The Labute approximate surface area is 168 Å². The van der Waals surface area contributed by atoms with Gasteiger partial charge in [0, 0.05) is 5.56 Å². The van der Waals surface area contributed by atoms with Crippen LogP contribution in [0.3, 0.4) is 0 Å². The summed E-state index contributed by atoms with van der Waals surface area (Å²) < 4.78 is 25.6. The van der Waals surface area contributed by atoms with Crippen molar-refractivity contribution in [3.05, 3.63) is 94.3 Å². The fourth-order valence-electron chi connectivity index (χ4n) is 3.39. The Kier molecular flexibility index (Phi) is 5.01. The van der Waals surface area contributed by atoms with Gasteiger partial charge in [-0.05, 0) is 54.4 Å². The number of benzene rings is 3. The number of halogens is 1. The zero-order chi connectivity index (χ0) is 20.4. The van der Waals surface area contributed by atoms with Crippen molar-refractivity contribution in [1.82, 2.24) is 0 Å². The van der Waals surface area contributed by atoms with E-state index in [1.165, 1.54) is 12.1 Å². The lowest BCUT2D eigenvalue weighted by atomic mass is 9.94. The summed E-state index contributed by atoms with van der Waals surface area (Å²) in [4.78, 5) is 12.6. The second kappa shape index (κ2) is 7.76. The van der Waals surface area contributed by atoms with Gasteiger partial charge in [0.15, 0.2) is 5.78 Å². The maximum atomic E-state index is 13.6. The molecule has 3 aromatic carbocycles. The fraction of sp³-hybridized carbons (Fsp3) is 0.167. The fourth-order valence-corrected chi connectivity index (χ4v) is 3.39. The van der Waals surface area contributed by atoms with E-state index in [1.807, 2.05) is 19.1 Å². The summed E-state index contributed by atoms with van der Waals surface area (Å²) in [5.41, 5.74) is 3.39. The molecule has 1 heterocycles. The molecular weight excluding hydrogens is 369 g/mol. The molecular formula is C24H18FNO3. The highest BCUT2D eigenvalue weighted by molar-refractivity contribution is 6.00. The summed E-state index contributed by atoms with van der Waals surface area (Å²) in [5.74, 6) is 0.691. The molecule has 0 amide bonds. The number of carbonyl (C=O) groups excluding carboxylic acids is 1. The zero-order valence-corrected chi connectivity index (χ0v) is 15.8. The molecule has 1 aliphatic rings. The molecule has 4 rings (SSSR count). The Morgan fingerprint density at radius 2 is 1.97 bits per heavy atom. The molecule has 144 valence electrons. The molecule has 5 heteroatoms. The number of nitrogens with zero attached hydrogens (tertiary/aromatic N) is 1. The summed E-state index contributed by atoms with van der Waals surface area (Å²) >= 11 is 0. The standard InChI is InChI=1S/C24H18FNO3/c1-15-22(28-14-17-7-5-16(13-26)6-8-17)10-9-20-21(27)12-23(29-24(15)20)18-3-2-4-19(25)11-18/h2-11,23H,12,14H2,1H3. The molecule has 0 aliphatic carbocycles. The van der Waals surface area contributed by atoms with E-state index < -0.39 is 6.10 Å². The number of hydrogen-bond acceptors (Lipinski definition) is 4. The van der Waals surface area contributed by atoms with E-state index in [9.17, 15) is 9.18 Å². The van der Waals surface area contributed by atoms with Crippen LogP contribution in [0.2, 0.25) is 0 Å². The van der Waals surface area contributed by atoms with Gasteiger partial charge in [0.2, 0.25) is 0 Å². The lowest BCUT2D eigenvalue weighted by Gasteiger charge is -2.27. The number of nitriles is 1. The Balaban J connectivity index is 1.57. The van der Waals surface area contributed by atoms with Crippen LogP contribution in [0.25, 0.3) is 0 Å². The number of ether oxygens (including phenoxy) is 2. The van der Waals surface area contributed by atoms with Crippen molar-refractivity contribution in [2.45, 2.75) is 26.1 Å². The quantitative estimate of drug-likeness (QED) is 0.610. The highest BCUT2D eigenvalue weighted by Crippen LogP contribution is 2.40. The van der Waals surface area contributed by atoms with Gasteiger partial charge in [0.25, 0.3) is 0 Å². The molecule has 0 spiro atoms. The van der Waals surface area contributed by atoms with Gasteiger partial charge < -0.3 is 9.47 Å². The average molecular weight is 387 g/mol. The van der Waals surface area contributed by atoms with Crippen molar-refractivity contribution in [2.24, 2.45) is 0 Å². The maximum absolute atomic E-state index is 13.6.